The number of thiol groups is 1. The predicted molar refractivity (Wildman–Crippen MR) is 110 cm³/mol. The first-order chi connectivity index (χ1) is 13.1. The zero-order valence-electron chi connectivity index (χ0n) is 16.2. The zero-order chi connectivity index (χ0) is 20.3. The number of hydrogen-bond donors (Lipinski definition) is 2. The molecule has 2 aromatic rings. The average Bonchev–Trinajstić information content (AvgIpc) is 3.15. The van der Waals surface area contributed by atoms with Gasteiger partial charge in [0.1, 0.15) is 22.1 Å². The van der Waals surface area contributed by atoms with Gasteiger partial charge in [0.05, 0.1) is 30.6 Å². The van der Waals surface area contributed by atoms with Crippen LogP contribution in [0, 0.1) is 6.92 Å². The molecule has 2 aliphatic heterocycles. The van der Waals surface area contributed by atoms with Crippen LogP contribution in [0.4, 0.5) is 5.82 Å². The summed E-state index contributed by atoms with van der Waals surface area (Å²) in [5.74, 6) is 0.702. The predicted octanol–water partition coefficient (Wildman–Crippen LogP) is 2.04. The minimum absolute atomic E-state index is 0.124. The number of H-pyrrole nitrogens is 1. The summed E-state index contributed by atoms with van der Waals surface area (Å²) in [6, 6.07) is 3.71. The number of aromatic amines is 1. The van der Waals surface area contributed by atoms with Gasteiger partial charge in [-0.15, -0.1) is 0 Å². The molecule has 0 spiro atoms. The topological polar surface area (TPSA) is 101 Å². The summed E-state index contributed by atoms with van der Waals surface area (Å²) >= 11 is 4.67. The maximum atomic E-state index is 12.9. The molecular formula is C18H23N5O3S2. The van der Waals surface area contributed by atoms with Crippen LogP contribution in [0.25, 0.3) is 0 Å². The van der Waals surface area contributed by atoms with Crippen molar-refractivity contribution in [2.45, 2.75) is 43.4 Å². The number of aryl methyl sites for hydroxylation is 1. The quantitative estimate of drug-likeness (QED) is 0.736. The molecular weight excluding hydrogens is 398 g/mol. The van der Waals surface area contributed by atoms with Gasteiger partial charge in [-0.1, -0.05) is 0 Å². The van der Waals surface area contributed by atoms with E-state index in [1.165, 1.54) is 0 Å². The highest BCUT2D eigenvalue weighted by Crippen LogP contribution is 2.40. The maximum absolute atomic E-state index is 12.9. The second-order valence-corrected chi connectivity index (χ2v) is 10.4. The normalized spacial score (nSPS) is 21.5. The fraction of sp³-hybridized carbons (Fsp3) is 0.500. The molecule has 1 atom stereocenters. The summed E-state index contributed by atoms with van der Waals surface area (Å²) in [7, 11) is -3.88. The second kappa shape index (κ2) is 6.57. The fourth-order valence-electron chi connectivity index (χ4n) is 3.54. The lowest BCUT2D eigenvalue weighted by Gasteiger charge is -2.35. The van der Waals surface area contributed by atoms with Crippen LogP contribution in [-0.4, -0.2) is 55.1 Å². The van der Waals surface area contributed by atoms with Crippen molar-refractivity contribution < 1.29 is 13.2 Å². The summed E-state index contributed by atoms with van der Waals surface area (Å²) in [5, 5.41) is 6.96. The lowest BCUT2D eigenvalue weighted by atomic mass is 9.99. The van der Waals surface area contributed by atoms with Gasteiger partial charge in [0, 0.05) is 11.3 Å². The zero-order valence-corrected chi connectivity index (χ0v) is 17.9. The number of nitrogens with one attached hydrogen (secondary N) is 1. The number of ether oxygens (including phenoxy) is 1. The molecule has 4 rings (SSSR count). The van der Waals surface area contributed by atoms with Crippen molar-refractivity contribution in [3.05, 3.63) is 34.8 Å². The smallest absolute Gasteiger partial charge is 0.285 e. The molecule has 2 aliphatic rings. The Kier molecular flexibility index (Phi) is 4.55. The number of sulfonamides is 1. The molecule has 0 unspecified atom stereocenters. The third-order valence-electron chi connectivity index (χ3n) is 4.94. The monoisotopic (exact) mass is 421 g/mol. The van der Waals surface area contributed by atoms with E-state index >= 15 is 0 Å². The van der Waals surface area contributed by atoms with E-state index in [2.05, 4.69) is 39.0 Å². The van der Waals surface area contributed by atoms with Crippen molar-refractivity contribution in [2.24, 2.45) is 4.40 Å². The van der Waals surface area contributed by atoms with Gasteiger partial charge in [0.15, 0.2) is 0 Å². The van der Waals surface area contributed by atoms with Crippen molar-refractivity contribution in [3.8, 4) is 0 Å². The second-order valence-electron chi connectivity index (χ2n) is 7.72. The Morgan fingerprint density at radius 3 is 2.71 bits per heavy atom. The minimum Gasteiger partial charge on any atom is -0.377 e. The first-order valence-corrected chi connectivity index (χ1v) is 11.0. The van der Waals surface area contributed by atoms with Crippen LogP contribution >= 0.6 is 12.6 Å². The average molecular weight is 422 g/mol. The summed E-state index contributed by atoms with van der Waals surface area (Å²) in [6.45, 7) is 9.50. The molecule has 1 saturated heterocycles. The van der Waals surface area contributed by atoms with Gasteiger partial charge in [-0.2, -0.15) is 30.5 Å². The van der Waals surface area contributed by atoms with Gasteiger partial charge < -0.3 is 9.64 Å². The minimum atomic E-state index is -3.88. The van der Waals surface area contributed by atoms with Gasteiger partial charge in [-0.3, -0.25) is 5.10 Å². The summed E-state index contributed by atoms with van der Waals surface area (Å²) in [4.78, 5) is 7.00. The molecule has 1 fully saturated rings. The molecule has 0 bridgehead atoms. The van der Waals surface area contributed by atoms with Crippen molar-refractivity contribution >= 4 is 34.2 Å². The van der Waals surface area contributed by atoms with Crippen molar-refractivity contribution in [1.82, 2.24) is 15.2 Å². The Bertz CT molecular complexity index is 1070. The van der Waals surface area contributed by atoms with Crippen LogP contribution in [0.1, 0.15) is 43.4 Å². The number of pyridine rings is 1. The van der Waals surface area contributed by atoms with E-state index in [0.29, 0.717) is 42.5 Å². The molecule has 150 valence electrons. The van der Waals surface area contributed by atoms with E-state index in [1.807, 2.05) is 26.8 Å². The number of morpholine rings is 1. The lowest BCUT2D eigenvalue weighted by Crippen LogP contribution is -2.44. The first kappa shape index (κ1) is 19.4. The van der Waals surface area contributed by atoms with Gasteiger partial charge >= 0.3 is 0 Å². The highest BCUT2D eigenvalue weighted by atomic mass is 32.2. The number of anilines is 1. The molecule has 0 radical (unpaired) electrons. The van der Waals surface area contributed by atoms with E-state index in [4.69, 9.17) is 9.72 Å². The Morgan fingerprint density at radius 2 is 2.11 bits per heavy atom. The number of hydrogen-bond acceptors (Lipinski definition) is 7. The maximum Gasteiger partial charge on any atom is 0.285 e. The highest BCUT2D eigenvalue weighted by molar-refractivity contribution is 7.91. The van der Waals surface area contributed by atoms with Crippen molar-refractivity contribution in [3.63, 3.8) is 0 Å². The lowest BCUT2D eigenvalue weighted by molar-refractivity contribution is 0.0985. The van der Waals surface area contributed by atoms with E-state index in [-0.39, 0.29) is 16.6 Å². The van der Waals surface area contributed by atoms with Crippen LogP contribution < -0.4 is 4.90 Å². The standard InChI is InChI=1S/C18H23N5O3S2/c1-10-7-13(21-20-10)15-16-17(28(24,25)22-15)12(18(3,4)27)8-14(19-16)23-5-6-26-9-11(23)2/h7-8,11,27H,5-6,9H2,1-4H3,(H,20,21)/t11-/m1/s1. The first-order valence-electron chi connectivity index (χ1n) is 9.08. The van der Waals surface area contributed by atoms with Gasteiger partial charge in [-0.25, -0.2) is 4.98 Å². The Labute approximate surface area is 169 Å². The Balaban J connectivity index is 1.97. The molecule has 0 aliphatic carbocycles. The van der Waals surface area contributed by atoms with Crippen LogP contribution in [-0.2, 0) is 19.5 Å². The number of aromatic nitrogens is 3. The van der Waals surface area contributed by atoms with E-state index < -0.39 is 14.8 Å². The highest BCUT2D eigenvalue weighted by Gasteiger charge is 2.39. The van der Waals surface area contributed by atoms with Crippen molar-refractivity contribution in [2.75, 3.05) is 24.7 Å². The third kappa shape index (κ3) is 3.23. The summed E-state index contributed by atoms with van der Waals surface area (Å²) in [6.07, 6.45) is 0. The van der Waals surface area contributed by atoms with E-state index in [9.17, 15) is 8.42 Å². The molecule has 4 heterocycles. The molecule has 2 aromatic heterocycles. The van der Waals surface area contributed by atoms with Crippen molar-refractivity contribution in [1.29, 1.82) is 0 Å². The number of fused-ring (bicyclic) bond motifs is 1. The number of nitrogens with zero attached hydrogens (tertiary/aromatic N) is 4. The van der Waals surface area contributed by atoms with Gasteiger partial charge in [0.25, 0.3) is 10.0 Å². The molecule has 0 amide bonds. The summed E-state index contributed by atoms with van der Waals surface area (Å²) in [5.41, 5.74) is 2.50. The molecule has 1 N–H and O–H groups in total. The van der Waals surface area contributed by atoms with Gasteiger partial charge in [-0.05, 0) is 45.4 Å². The molecule has 0 aromatic carbocycles. The fourth-order valence-corrected chi connectivity index (χ4v) is 5.29. The third-order valence-corrected chi connectivity index (χ3v) is 6.53. The van der Waals surface area contributed by atoms with Crippen LogP contribution in [0.15, 0.2) is 21.4 Å². The van der Waals surface area contributed by atoms with E-state index in [0.717, 1.165) is 5.69 Å². The number of rotatable bonds is 3. The van der Waals surface area contributed by atoms with Gasteiger partial charge in [0.2, 0.25) is 0 Å². The van der Waals surface area contributed by atoms with Crippen LogP contribution in [0.5, 0.6) is 0 Å². The summed E-state index contributed by atoms with van der Waals surface area (Å²) < 4.78 is 34.7. The Morgan fingerprint density at radius 1 is 1.36 bits per heavy atom. The molecule has 0 saturated carbocycles. The Hall–Kier alpha value is -1.91. The molecule has 8 nitrogen and oxygen atoms in total. The van der Waals surface area contributed by atoms with Crippen LogP contribution in [0.3, 0.4) is 0 Å². The SMILES string of the molecule is Cc1cc(C2=NS(=O)(=O)c3c(C(C)(C)S)cc(N4CCOC[C@H]4C)nc32)[nH]n1. The van der Waals surface area contributed by atoms with E-state index in [1.54, 1.807) is 6.07 Å². The molecule has 28 heavy (non-hydrogen) atoms. The van der Waals surface area contributed by atoms with Crippen LogP contribution in [0.2, 0.25) is 0 Å². The molecule has 10 heteroatoms. The largest absolute Gasteiger partial charge is 0.377 e.